The second-order valence-electron chi connectivity index (χ2n) is 4.64. The molecule has 3 heteroatoms. The van der Waals surface area contributed by atoms with Crippen molar-refractivity contribution in [3.8, 4) is 0 Å². The first-order valence-corrected chi connectivity index (χ1v) is 5.38. The SMILES string of the molecule is COCCC1(CN=C(N)C(C)C)CC1. The molecule has 0 bridgehead atoms. The van der Waals surface area contributed by atoms with Gasteiger partial charge >= 0.3 is 0 Å². The molecule has 14 heavy (non-hydrogen) atoms. The summed E-state index contributed by atoms with van der Waals surface area (Å²) in [6.07, 6.45) is 3.69. The number of methoxy groups -OCH3 is 1. The first-order valence-electron chi connectivity index (χ1n) is 5.38. The van der Waals surface area contributed by atoms with Crippen LogP contribution >= 0.6 is 0 Å². The fraction of sp³-hybridized carbons (Fsp3) is 0.909. The van der Waals surface area contributed by atoms with Crippen LogP contribution < -0.4 is 5.73 Å². The summed E-state index contributed by atoms with van der Waals surface area (Å²) in [5, 5.41) is 0. The van der Waals surface area contributed by atoms with E-state index < -0.39 is 0 Å². The Morgan fingerprint density at radius 2 is 2.14 bits per heavy atom. The van der Waals surface area contributed by atoms with Crippen LogP contribution in [0.15, 0.2) is 4.99 Å². The van der Waals surface area contributed by atoms with E-state index in [0.29, 0.717) is 11.3 Å². The zero-order chi connectivity index (χ0) is 10.6. The van der Waals surface area contributed by atoms with Crippen molar-refractivity contribution >= 4 is 5.84 Å². The van der Waals surface area contributed by atoms with E-state index in [4.69, 9.17) is 10.5 Å². The molecule has 2 N–H and O–H groups in total. The van der Waals surface area contributed by atoms with E-state index in [9.17, 15) is 0 Å². The minimum Gasteiger partial charge on any atom is -0.387 e. The zero-order valence-corrected chi connectivity index (χ0v) is 9.55. The van der Waals surface area contributed by atoms with Crippen molar-refractivity contribution in [2.24, 2.45) is 22.1 Å². The van der Waals surface area contributed by atoms with Crippen LogP contribution in [0, 0.1) is 11.3 Å². The lowest BCUT2D eigenvalue weighted by molar-refractivity contribution is 0.174. The Hall–Kier alpha value is -0.570. The molecule has 82 valence electrons. The summed E-state index contributed by atoms with van der Waals surface area (Å²) in [5.74, 6) is 1.15. The molecule has 3 nitrogen and oxygen atoms in total. The smallest absolute Gasteiger partial charge is 0.0963 e. The van der Waals surface area contributed by atoms with Crippen LogP contribution in [0.1, 0.15) is 33.1 Å². The van der Waals surface area contributed by atoms with E-state index in [0.717, 1.165) is 25.4 Å². The van der Waals surface area contributed by atoms with Crippen molar-refractivity contribution in [2.45, 2.75) is 33.1 Å². The summed E-state index contributed by atoms with van der Waals surface area (Å²) >= 11 is 0. The van der Waals surface area contributed by atoms with Crippen LogP contribution in [-0.4, -0.2) is 26.1 Å². The van der Waals surface area contributed by atoms with E-state index in [2.05, 4.69) is 18.8 Å². The Kier molecular flexibility index (Phi) is 3.93. The van der Waals surface area contributed by atoms with Gasteiger partial charge in [0.2, 0.25) is 0 Å². The number of hydrogen-bond acceptors (Lipinski definition) is 2. The summed E-state index contributed by atoms with van der Waals surface area (Å²) in [6, 6.07) is 0. The van der Waals surface area contributed by atoms with Gasteiger partial charge in [0.1, 0.15) is 0 Å². The zero-order valence-electron chi connectivity index (χ0n) is 9.55. The van der Waals surface area contributed by atoms with Gasteiger partial charge in [-0.15, -0.1) is 0 Å². The van der Waals surface area contributed by atoms with Gasteiger partial charge in [0.25, 0.3) is 0 Å². The Morgan fingerprint density at radius 3 is 2.57 bits per heavy atom. The van der Waals surface area contributed by atoms with Crippen LogP contribution in [0.25, 0.3) is 0 Å². The van der Waals surface area contributed by atoms with Crippen LogP contribution in [0.4, 0.5) is 0 Å². The Bertz CT molecular complexity index is 207. The lowest BCUT2D eigenvalue weighted by atomic mass is 10.0. The van der Waals surface area contributed by atoms with Crippen molar-refractivity contribution in [2.75, 3.05) is 20.3 Å². The van der Waals surface area contributed by atoms with Crippen LogP contribution in [0.5, 0.6) is 0 Å². The third-order valence-corrected chi connectivity index (χ3v) is 2.98. The Morgan fingerprint density at radius 1 is 1.50 bits per heavy atom. The standard InChI is InChI=1S/C11H22N2O/c1-9(2)10(12)13-8-11(4-5-11)6-7-14-3/h9H,4-8H2,1-3H3,(H2,12,13). The average molecular weight is 198 g/mol. The summed E-state index contributed by atoms with van der Waals surface area (Å²) in [6.45, 7) is 5.89. The molecule has 0 heterocycles. The van der Waals surface area contributed by atoms with Crippen molar-refractivity contribution in [3.05, 3.63) is 0 Å². The molecule has 0 aromatic heterocycles. The highest BCUT2D eigenvalue weighted by atomic mass is 16.5. The number of rotatable bonds is 6. The van der Waals surface area contributed by atoms with E-state index in [1.807, 2.05) is 0 Å². The molecule has 0 aromatic carbocycles. The van der Waals surface area contributed by atoms with Gasteiger partial charge in [-0.2, -0.15) is 0 Å². The van der Waals surface area contributed by atoms with Gasteiger partial charge in [-0.25, -0.2) is 0 Å². The van der Waals surface area contributed by atoms with Gasteiger partial charge in [-0.1, -0.05) is 13.8 Å². The largest absolute Gasteiger partial charge is 0.387 e. The van der Waals surface area contributed by atoms with Gasteiger partial charge in [-0.05, 0) is 24.7 Å². The maximum Gasteiger partial charge on any atom is 0.0963 e. The fourth-order valence-corrected chi connectivity index (χ4v) is 1.42. The average Bonchev–Trinajstić information content (AvgIpc) is 2.92. The summed E-state index contributed by atoms with van der Waals surface area (Å²) in [7, 11) is 1.75. The Balaban J connectivity index is 2.33. The second-order valence-corrected chi connectivity index (χ2v) is 4.64. The molecule has 1 fully saturated rings. The van der Waals surface area contributed by atoms with Crippen LogP contribution in [0.2, 0.25) is 0 Å². The van der Waals surface area contributed by atoms with E-state index >= 15 is 0 Å². The van der Waals surface area contributed by atoms with Gasteiger partial charge in [0, 0.05) is 26.2 Å². The summed E-state index contributed by atoms with van der Waals surface area (Å²) in [4.78, 5) is 4.45. The second kappa shape index (κ2) is 4.78. The number of nitrogens with two attached hydrogens (primary N) is 1. The number of aliphatic imine (C=N–C) groups is 1. The minimum absolute atomic E-state index is 0.369. The molecule has 0 radical (unpaired) electrons. The van der Waals surface area contributed by atoms with Crippen LogP contribution in [0.3, 0.4) is 0 Å². The van der Waals surface area contributed by atoms with Gasteiger partial charge in [0.15, 0.2) is 0 Å². The molecule has 1 aliphatic carbocycles. The lowest BCUT2D eigenvalue weighted by Crippen LogP contribution is -2.21. The first kappa shape index (κ1) is 11.5. The molecule has 0 spiro atoms. The summed E-state index contributed by atoms with van der Waals surface area (Å²) in [5.41, 5.74) is 6.22. The summed E-state index contributed by atoms with van der Waals surface area (Å²) < 4.78 is 5.09. The van der Waals surface area contributed by atoms with Crippen molar-refractivity contribution in [1.82, 2.24) is 0 Å². The van der Waals surface area contributed by atoms with Crippen LogP contribution in [-0.2, 0) is 4.74 Å². The number of amidine groups is 1. The fourth-order valence-electron chi connectivity index (χ4n) is 1.42. The minimum atomic E-state index is 0.369. The third-order valence-electron chi connectivity index (χ3n) is 2.98. The quantitative estimate of drug-likeness (QED) is 0.522. The van der Waals surface area contributed by atoms with Crippen molar-refractivity contribution in [1.29, 1.82) is 0 Å². The molecule has 0 amide bonds. The molecule has 0 atom stereocenters. The van der Waals surface area contributed by atoms with E-state index in [1.165, 1.54) is 12.8 Å². The van der Waals surface area contributed by atoms with Gasteiger partial charge < -0.3 is 10.5 Å². The molecule has 0 saturated heterocycles. The highest BCUT2D eigenvalue weighted by molar-refractivity contribution is 5.82. The number of nitrogens with zero attached hydrogens (tertiary/aromatic N) is 1. The molecular formula is C11H22N2O. The molecule has 0 aliphatic heterocycles. The number of hydrogen-bond donors (Lipinski definition) is 1. The van der Waals surface area contributed by atoms with Crippen molar-refractivity contribution < 1.29 is 4.74 Å². The normalized spacial score (nSPS) is 20.1. The van der Waals surface area contributed by atoms with E-state index in [-0.39, 0.29) is 0 Å². The molecule has 0 aromatic rings. The highest BCUT2D eigenvalue weighted by Crippen LogP contribution is 2.48. The molecule has 0 unspecified atom stereocenters. The number of ether oxygens (including phenoxy) is 1. The molecular weight excluding hydrogens is 176 g/mol. The lowest BCUT2D eigenvalue weighted by Gasteiger charge is -2.12. The van der Waals surface area contributed by atoms with Crippen molar-refractivity contribution in [3.63, 3.8) is 0 Å². The predicted molar refractivity (Wildman–Crippen MR) is 59.5 cm³/mol. The first-order chi connectivity index (χ1) is 6.59. The van der Waals surface area contributed by atoms with Gasteiger partial charge in [-0.3, -0.25) is 4.99 Å². The molecule has 1 rings (SSSR count). The third kappa shape index (κ3) is 3.29. The molecule has 1 aliphatic rings. The van der Waals surface area contributed by atoms with E-state index in [1.54, 1.807) is 7.11 Å². The molecule has 1 saturated carbocycles. The monoisotopic (exact) mass is 198 g/mol. The Labute approximate surface area is 86.7 Å². The van der Waals surface area contributed by atoms with Gasteiger partial charge in [0.05, 0.1) is 5.84 Å². The predicted octanol–water partition coefficient (Wildman–Crippen LogP) is 1.82. The maximum absolute atomic E-state index is 5.80. The highest BCUT2D eigenvalue weighted by Gasteiger charge is 2.41. The maximum atomic E-state index is 5.80. The topological polar surface area (TPSA) is 47.6 Å².